The van der Waals surface area contributed by atoms with E-state index in [1.165, 1.54) is 6.07 Å². The van der Waals surface area contributed by atoms with E-state index in [1.54, 1.807) is 6.07 Å². The quantitative estimate of drug-likeness (QED) is 0.645. The van der Waals surface area contributed by atoms with E-state index in [-0.39, 0.29) is 17.5 Å². The van der Waals surface area contributed by atoms with E-state index in [1.807, 2.05) is 19.1 Å². The Morgan fingerprint density at radius 2 is 2.29 bits per heavy atom. The molecule has 0 amide bonds. The molecule has 0 saturated carbocycles. The molecular weight excluding hydrogens is 247 g/mol. The maximum Gasteiger partial charge on any atom is 0.124 e. The van der Waals surface area contributed by atoms with Gasteiger partial charge in [-0.05, 0) is 30.7 Å². The SMILES string of the molecule is CC12C=C[C@H](O1)c1cc(F)cc(Br)c12. The van der Waals surface area contributed by atoms with Gasteiger partial charge in [0.15, 0.2) is 0 Å². The summed E-state index contributed by atoms with van der Waals surface area (Å²) in [6, 6.07) is 3.04. The summed E-state index contributed by atoms with van der Waals surface area (Å²) >= 11 is 3.38. The molecule has 1 aromatic carbocycles. The molecule has 3 heteroatoms. The summed E-state index contributed by atoms with van der Waals surface area (Å²) in [6.07, 6.45) is 3.94. The molecule has 2 aliphatic heterocycles. The molecule has 1 nitrogen and oxygen atoms in total. The van der Waals surface area contributed by atoms with Crippen molar-refractivity contribution in [1.82, 2.24) is 0 Å². The molecule has 3 rings (SSSR count). The van der Waals surface area contributed by atoms with Crippen LogP contribution < -0.4 is 0 Å². The molecular formula is C11H8BrFO. The van der Waals surface area contributed by atoms with Gasteiger partial charge in [-0.15, -0.1) is 0 Å². The van der Waals surface area contributed by atoms with Crippen LogP contribution in [0.25, 0.3) is 0 Å². The van der Waals surface area contributed by atoms with Gasteiger partial charge in [-0.1, -0.05) is 22.0 Å². The van der Waals surface area contributed by atoms with Crippen molar-refractivity contribution in [3.8, 4) is 0 Å². The van der Waals surface area contributed by atoms with Gasteiger partial charge in [0, 0.05) is 10.0 Å². The summed E-state index contributed by atoms with van der Waals surface area (Å²) in [7, 11) is 0. The minimum Gasteiger partial charge on any atom is -0.354 e. The smallest absolute Gasteiger partial charge is 0.124 e. The lowest BCUT2D eigenvalue weighted by molar-refractivity contribution is 0.0110. The Balaban J connectivity index is 2.33. The minimum atomic E-state index is -0.369. The first-order valence-electron chi connectivity index (χ1n) is 4.47. The monoisotopic (exact) mass is 254 g/mol. The Morgan fingerprint density at radius 3 is 3.07 bits per heavy atom. The van der Waals surface area contributed by atoms with Crippen LogP contribution in [-0.4, -0.2) is 0 Å². The van der Waals surface area contributed by atoms with Crippen molar-refractivity contribution < 1.29 is 9.13 Å². The first-order chi connectivity index (χ1) is 6.60. The Bertz CT molecular complexity index is 455. The van der Waals surface area contributed by atoms with E-state index in [0.717, 1.165) is 15.6 Å². The highest BCUT2D eigenvalue weighted by Crippen LogP contribution is 2.52. The Morgan fingerprint density at radius 1 is 1.50 bits per heavy atom. The van der Waals surface area contributed by atoms with Crippen LogP contribution in [0.1, 0.15) is 24.2 Å². The van der Waals surface area contributed by atoms with Crippen LogP contribution in [0, 0.1) is 5.82 Å². The molecule has 1 unspecified atom stereocenters. The molecule has 2 heterocycles. The lowest BCUT2D eigenvalue weighted by atomic mass is 9.88. The van der Waals surface area contributed by atoms with Crippen LogP contribution in [0.5, 0.6) is 0 Å². The fraction of sp³-hybridized carbons (Fsp3) is 0.273. The third-order valence-electron chi connectivity index (χ3n) is 2.85. The molecule has 0 aliphatic carbocycles. The molecule has 0 spiro atoms. The number of ether oxygens (including phenoxy) is 1. The summed E-state index contributed by atoms with van der Waals surface area (Å²) in [4.78, 5) is 0. The summed E-state index contributed by atoms with van der Waals surface area (Å²) in [5.41, 5.74) is 1.64. The fourth-order valence-electron chi connectivity index (χ4n) is 2.26. The van der Waals surface area contributed by atoms with E-state index in [0.29, 0.717) is 0 Å². The van der Waals surface area contributed by atoms with Gasteiger partial charge in [0.05, 0.1) is 0 Å². The van der Waals surface area contributed by atoms with Crippen LogP contribution in [0.3, 0.4) is 0 Å². The second-order valence-corrected chi connectivity index (χ2v) is 4.71. The molecule has 2 bridgehead atoms. The van der Waals surface area contributed by atoms with Crippen LogP contribution in [0.2, 0.25) is 0 Å². The van der Waals surface area contributed by atoms with Gasteiger partial charge in [-0.25, -0.2) is 4.39 Å². The largest absolute Gasteiger partial charge is 0.354 e. The highest BCUT2D eigenvalue weighted by atomic mass is 79.9. The van der Waals surface area contributed by atoms with Crippen molar-refractivity contribution in [3.63, 3.8) is 0 Å². The summed E-state index contributed by atoms with van der Waals surface area (Å²) in [5, 5.41) is 0. The van der Waals surface area contributed by atoms with E-state index in [9.17, 15) is 4.39 Å². The second kappa shape index (κ2) is 2.47. The summed E-state index contributed by atoms with van der Waals surface area (Å²) in [5.74, 6) is -0.219. The average molecular weight is 255 g/mol. The van der Waals surface area contributed by atoms with Crippen molar-refractivity contribution in [3.05, 3.63) is 45.7 Å². The molecule has 0 aromatic heterocycles. The number of benzene rings is 1. The van der Waals surface area contributed by atoms with Crippen LogP contribution >= 0.6 is 15.9 Å². The van der Waals surface area contributed by atoms with Gasteiger partial charge in [-0.2, -0.15) is 0 Å². The van der Waals surface area contributed by atoms with Crippen molar-refractivity contribution in [1.29, 1.82) is 0 Å². The molecule has 2 atom stereocenters. The molecule has 0 N–H and O–H groups in total. The highest BCUT2D eigenvalue weighted by Gasteiger charge is 2.44. The number of halogens is 2. The molecule has 0 saturated heterocycles. The second-order valence-electron chi connectivity index (χ2n) is 3.86. The minimum absolute atomic E-state index is 0.0676. The summed E-state index contributed by atoms with van der Waals surface area (Å²) < 4.78 is 19.7. The Kier molecular flexibility index (Phi) is 1.52. The van der Waals surface area contributed by atoms with Crippen molar-refractivity contribution in [2.75, 3.05) is 0 Å². The zero-order valence-electron chi connectivity index (χ0n) is 7.55. The van der Waals surface area contributed by atoms with Crippen molar-refractivity contribution in [2.24, 2.45) is 0 Å². The van der Waals surface area contributed by atoms with Crippen LogP contribution in [0.15, 0.2) is 28.8 Å². The van der Waals surface area contributed by atoms with Gasteiger partial charge in [-0.3, -0.25) is 0 Å². The van der Waals surface area contributed by atoms with Crippen molar-refractivity contribution >= 4 is 15.9 Å². The van der Waals surface area contributed by atoms with E-state index in [2.05, 4.69) is 15.9 Å². The van der Waals surface area contributed by atoms with Gasteiger partial charge in [0.25, 0.3) is 0 Å². The normalized spacial score (nSPS) is 32.4. The van der Waals surface area contributed by atoms with E-state index < -0.39 is 0 Å². The van der Waals surface area contributed by atoms with Gasteiger partial charge in [0.2, 0.25) is 0 Å². The zero-order valence-corrected chi connectivity index (χ0v) is 9.14. The lowest BCUT2D eigenvalue weighted by Gasteiger charge is -2.19. The number of fused-ring (bicyclic) bond motifs is 5. The van der Waals surface area contributed by atoms with Crippen molar-refractivity contribution in [2.45, 2.75) is 18.6 Å². The molecule has 2 aliphatic rings. The van der Waals surface area contributed by atoms with Crippen LogP contribution in [-0.2, 0) is 10.3 Å². The maximum atomic E-state index is 13.2. The zero-order chi connectivity index (χ0) is 9.92. The number of hydrogen-bond donors (Lipinski definition) is 0. The Labute approximate surface area is 89.7 Å². The Hall–Kier alpha value is -0.670. The molecule has 72 valence electrons. The number of hydrogen-bond acceptors (Lipinski definition) is 1. The molecule has 1 aromatic rings. The fourth-order valence-corrected chi connectivity index (χ4v) is 3.11. The van der Waals surface area contributed by atoms with Gasteiger partial charge < -0.3 is 4.74 Å². The first kappa shape index (κ1) is 8.62. The van der Waals surface area contributed by atoms with Gasteiger partial charge >= 0.3 is 0 Å². The molecule has 14 heavy (non-hydrogen) atoms. The highest BCUT2D eigenvalue weighted by molar-refractivity contribution is 9.10. The lowest BCUT2D eigenvalue weighted by Crippen LogP contribution is -2.15. The topological polar surface area (TPSA) is 9.23 Å². The molecule has 0 radical (unpaired) electrons. The first-order valence-corrected chi connectivity index (χ1v) is 5.26. The maximum absolute atomic E-state index is 13.2. The third kappa shape index (κ3) is 0.916. The average Bonchev–Trinajstić information content (AvgIpc) is 2.57. The van der Waals surface area contributed by atoms with E-state index in [4.69, 9.17) is 4.74 Å². The predicted molar refractivity (Wildman–Crippen MR) is 54.4 cm³/mol. The third-order valence-corrected chi connectivity index (χ3v) is 3.47. The standard InChI is InChI=1S/C11H8BrFO/c1-11-3-2-9(14-11)7-4-6(13)5-8(12)10(7)11/h2-5,9H,1H3/t9-,11?/m0/s1. The van der Waals surface area contributed by atoms with Gasteiger partial charge in [0.1, 0.15) is 17.5 Å². The van der Waals surface area contributed by atoms with E-state index >= 15 is 0 Å². The number of rotatable bonds is 0. The predicted octanol–water partition coefficient (Wildman–Crippen LogP) is 3.44. The molecule has 0 fully saturated rings. The van der Waals surface area contributed by atoms with Crippen LogP contribution in [0.4, 0.5) is 4.39 Å². The summed E-state index contributed by atoms with van der Waals surface area (Å²) in [6.45, 7) is 2.00.